The van der Waals surface area contributed by atoms with Crippen LogP contribution in [0.25, 0.3) is 11.2 Å². The van der Waals surface area contributed by atoms with Crippen LogP contribution < -0.4 is 20.9 Å². The Morgan fingerprint density at radius 1 is 1.17 bits per heavy atom. The number of rotatable bonds is 7. The van der Waals surface area contributed by atoms with Crippen molar-refractivity contribution >= 4 is 40.1 Å². The molecule has 0 spiro atoms. The second kappa shape index (κ2) is 8.46. The van der Waals surface area contributed by atoms with Crippen molar-refractivity contribution in [1.82, 2.24) is 15.0 Å². The Bertz CT molecular complexity index is 1120. The fraction of sp³-hybridized carbons (Fsp3) is 0.190. The number of halogens is 1. The van der Waals surface area contributed by atoms with Crippen molar-refractivity contribution in [2.45, 2.75) is 13.0 Å². The average molecular weight is 409 g/mol. The van der Waals surface area contributed by atoms with Gasteiger partial charge < -0.3 is 11.1 Å². The molecule has 2 aromatic carbocycles. The molecule has 2 heterocycles. The summed E-state index contributed by atoms with van der Waals surface area (Å²) in [6.45, 7) is 1.21. The van der Waals surface area contributed by atoms with Gasteiger partial charge in [0.2, 0.25) is 0 Å². The van der Waals surface area contributed by atoms with Crippen molar-refractivity contribution in [3.8, 4) is 0 Å². The highest BCUT2D eigenvalue weighted by molar-refractivity contribution is 6.30. The molecule has 5 N–H and O–H groups in total. The fourth-order valence-electron chi connectivity index (χ4n) is 3.19. The minimum atomic E-state index is 0.494. The molecule has 2 aromatic heterocycles. The van der Waals surface area contributed by atoms with E-state index < -0.39 is 0 Å². The van der Waals surface area contributed by atoms with E-state index in [1.54, 1.807) is 6.33 Å². The van der Waals surface area contributed by atoms with Crippen LogP contribution in [-0.2, 0) is 13.0 Å². The lowest BCUT2D eigenvalue weighted by Crippen LogP contribution is -2.17. The third-order valence-electron chi connectivity index (χ3n) is 4.75. The monoisotopic (exact) mass is 408 g/mol. The standard InChI is InChI=1S/C21H22ClN7/c1-29(17-7-2-4-14(10-17)12-23)21-27-18(19-20(28-21)26-13-25-19)8-9-24-16-6-3-5-15(22)11-16/h2-7,10-11,13,24H,8-9,12,23H2,1H3,(H,25,26,27,28)/p+1. The van der Waals surface area contributed by atoms with E-state index in [4.69, 9.17) is 22.3 Å². The van der Waals surface area contributed by atoms with Crippen molar-refractivity contribution < 1.29 is 4.98 Å². The summed E-state index contributed by atoms with van der Waals surface area (Å²) in [6, 6.07) is 15.8. The van der Waals surface area contributed by atoms with Crippen molar-refractivity contribution in [3.63, 3.8) is 0 Å². The smallest absolute Gasteiger partial charge is 0.307 e. The third kappa shape index (κ3) is 4.31. The van der Waals surface area contributed by atoms with Gasteiger partial charge in [-0.15, -0.1) is 0 Å². The highest BCUT2D eigenvalue weighted by Gasteiger charge is 2.19. The van der Waals surface area contributed by atoms with E-state index in [2.05, 4.69) is 26.3 Å². The number of H-pyrrole nitrogens is 2. The lowest BCUT2D eigenvalue weighted by molar-refractivity contribution is -0.347. The van der Waals surface area contributed by atoms with Crippen LogP contribution >= 0.6 is 11.6 Å². The van der Waals surface area contributed by atoms with E-state index in [1.807, 2.05) is 54.4 Å². The SMILES string of the molecule is CN(c1cccc(CN)c1)c1nc(CCNc2cccc(Cl)c2)c2[nH]c[nH+]c2n1. The molecule has 29 heavy (non-hydrogen) atoms. The third-order valence-corrected chi connectivity index (χ3v) is 4.98. The molecule has 0 bridgehead atoms. The summed E-state index contributed by atoms with van der Waals surface area (Å²) >= 11 is 6.06. The Kier molecular flexibility index (Phi) is 5.59. The molecule has 0 fully saturated rings. The van der Waals surface area contributed by atoms with Gasteiger partial charge in [0, 0.05) is 43.0 Å². The largest absolute Gasteiger partial charge is 0.385 e. The highest BCUT2D eigenvalue weighted by atomic mass is 35.5. The van der Waals surface area contributed by atoms with E-state index in [1.165, 1.54) is 0 Å². The first kappa shape index (κ1) is 19.2. The number of fused-ring (bicyclic) bond motifs is 1. The quantitative estimate of drug-likeness (QED) is 0.436. The van der Waals surface area contributed by atoms with Gasteiger partial charge in [-0.2, -0.15) is 4.98 Å². The number of aromatic amines is 2. The van der Waals surface area contributed by atoms with Gasteiger partial charge in [0.25, 0.3) is 0 Å². The lowest BCUT2D eigenvalue weighted by atomic mass is 10.2. The summed E-state index contributed by atoms with van der Waals surface area (Å²) in [5, 5.41) is 4.10. The van der Waals surface area contributed by atoms with Crippen LogP contribution in [0.4, 0.5) is 17.3 Å². The summed E-state index contributed by atoms with van der Waals surface area (Å²) in [5.41, 5.74) is 11.4. The van der Waals surface area contributed by atoms with E-state index in [9.17, 15) is 0 Å². The number of nitrogens with zero attached hydrogens (tertiary/aromatic N) is 3. The van der Waals surface area contributed by atoms with Gasteiger partial charge in [-0.1, -0.05) is 34.8 Å². The minimum absolute atomic E-state index is 0.494. The molecule has 0 aliphatic rings. The Morgan fingerprint density at radius 3 is 2.86 bits per heavy atom. The number of imidazole rings is 1. The second-order valence-electron chi connectivity index (χ2n) is 6.75. The Labute approximate surface area is 174 Å². The highest BCUT2D eigenvalue weighted by Crippen LogP contribution is 2.23. The van der Waals surface area contributed by atoms with E-state index >= 15 is 0 Å². The van der Waals surface area contributed by atoms with Crippen molar-refractivity contribution in [2.75, 3.05) is 23.8 Å². The predicted octanol–water partition coefficient (Wildman–Crippen LogP) is 3.31. The molecule has 0 saturated heterocycles. The Hall–Kier alpha value is -3.16. The van der Waals surface area contributed by atoms with Gasteiger partial charge in [-0.05, 0) is 35.9 Å². The maximum atomic E-state index is 6.06. The molecule has 7 nitrogen and oxygen atoms in total. The molecule has 0 aliphatic heterocycles. The van der Waals surface area contributed by atoms with Crippen LogP contribution in [0.5, 0.6) is 0 Å². The molecule has 0 radical (unpaired) electrons. The van der Waals surface area contributed by atoms with Crippen LogP contribution in [0.3, 0.4) is 0 Å². The van der Waals surface area contributed by atoms with Gasteiger partial charge in [0.15, 0.2) is 11.8 Å². The fourth-order valence-corrected chi connectivity index (χ4v) is 3.38. The number of hydrogen-bond acceptors (Lipinski definition) is 5. The van der Waals surface area contributed by atoms with Gasteiger partial charge >= 0.3 is 11.6 Å². The van der Waals surface area contributed by atoms with Crippen molar-refractivity contribution in [2.24, 2.45) is 5.73 Å². The first-order valence-electron chi connectivity index (χ1n) is 9.42. The molecule has 0 aliphatic carbocycles. The molecule has 4 rings (SSSR count). The van der Waals surface area contributed by atoms with E-state index in [0.717, 1.165) is 46.8 Å². The molecular weight excluding hydrogens is 386 g/mol. The zero-order valence-corrected chi connectivity index (χ0v) is 16.9. The maximum absolute atomic E-state index is 6.06. The molecule has 4 aromatic rings. The number of hydrogen-bond donors (Lipinski definition) is 3. The summed E-state index contributed by atoms with van der Waals surface area (Å²) in [6.07, 6.45) is 2.50. The van der Waals surface area contributed by atoms with Crippen LogP contribution in [0.2, 0.25) is 5.02 Å². The molecule has 148 valence electrons. The van der Waals surface area contributed by atoms with E-state index in [-0.39, 0.29) is 0 Å². The molecule has 0 unspecified atom stereocenters. The van der Waals surface area contributed by atoms with Crippen LogP contribution in [0, 0.1) is 0 Å². The molecule has 0 atom stereocenters. The second-order valence-corrected chi connectivity index (χ2v) is 7.18. The van der Waals surface area contributed by atoms with Crippen molar-refractivity contribution in [1.29, 1.82) is 0 Å². The van der Waals surface area contributed by atoms with Gasteiger partial charge in [0.05, 0.1) is 5.69 Å². The van der Waals surface area contributed by atoms with Crippen LogP contribution in [0.15, 0.2) is 54.9 Å². The maximum Gasteiger partial charge on any atom is 0.307 e. The molecule has 0 amide bonds. The zero-order chi connectivity index (χ0) is 20.2. The van der Waals surface area contributed by atoms with Crippen molar-refractivity contribution in [3.05, 3.63) is 71.1 Å². The number of nitrogens with two attached hydrogens (primary N) is 1. The lowest BCUT2D eigenvalue weighted by Gasteiger charge is -2.16. The summed E-state index contributed by atoms with van der Waals surface area (Å²) < 4.78 is 0. The molecule has 8 heteroatoms. The number of benzene rings is 2. The first-order chi connectivity index (χ1) is 14.1. The summed E-state index contributed by atoms with van der Waals surface area (Å²) in [4.78, 5) is 17.8. The number of anilines is 3. The van der Waals surface area contributed by atoms with E-state index in [0.29, 0.717) is 17.5 Å². The van der Waals surface area contributed by atoms with Crippen LogP contribution in [0.1, 0.15) is 11.3 Å². The average Bonchev–Trinajstić information content (AvgIpc) is 3.22. The van der Waals surface area contributed by atoms with Gasteiger partial charge in [-0.25, -0.2) is 4.98 Å². The zero-order valence-electron chi connectivity index (χ0n) is 16.1. The summed E-state index contributed by atoms with van der Waals surface area (Å²) in [7, 11) is 1.96. The number of nitrogens with one attached hydrogen (secondary N) is 3. The first-order valence-corrected chi connectivity index (χ1v) is 9.79. The Morgan fingerprint density at radius 2 is 2.03 bits per heavy atom. The van der Waals surface area contributed by atoms with Gasteiger partial charge in [0.1, 0.15) is 0 Å². The topological polar surface area (TPSA) is 97.0 Å². The normalized spacial score (nSPS) is 11.0. The van der Waals surface area contributed by atoms with Gasteiger partial charge in [-0.3, -0.25) is 9.88 Å². The minimum Gasteiger partial charge on any atom is -0.385 e. The van der Waals surface area contributed by atoms with Crippen LogP contribution in [-0.4, -0.2) is 28.5 Å². The predicted molar refractivity (Wildman–Crippen MR) is 116 cm³/mol. The summed E-state index contributed by atoms with van der Waals surface area (Å²) in [5.74, 6) is 0.625. The molecular formula is C21H23ClN7+. The molecule has 0 saturated carbocycles. The number of aromatic nitrogens is 4. The Balaban J connectivity index is 1.58.